The summed E-state index contributed by atoms with van der Waals surface area (Å²) in [5.74, 6) is 1.23. The number of aromatic nitrogens is 2. The Kier molecular flexibility index (Phi) is 10.5. The number of benzene rings is 3. The van der Waals surface area contributed by atoms with E-state index in [-0.39, 0.29) is 40.1 Å². The zero-order valence-corrected chi connectivity index (χ0v) is 27.9. The summed E-state index contributed by atoms with van der Waals surface area (Å²) in [5.41, 5.74) is 0.100. The summed E-state index contributed by atoms with van der Waals surface area (Å²) in [6.07, 6.45) is -0.260. The minimum Gasteiger partial charge on any atom is -0.496 e. The highest BCUT2D eigenvalue weighted by atomic mass is 32.2. The molecule has 0 radical (unpaired) electrons. The summed E-state index contributed by atoms with van der Waals surface area (Å²) in [4.78, 5) is 13.5. The van der Waals surface area contributed by atoms with Crippen molar-refractivity contribution in [2.45, 2.75) is 16.5 Å². The van der Waals surface area contributed by atoms with Crippen molar-refractivity contribution in [3.05, 3.63) is 64.6 Å². The van der Waals surface area contributed by atoms with E-state index < -0.39 is 32.3 Å². The summed E-state index contributed by atoms with van der Waals surface area (Å²) >= 11 is 1.09. The highest BCUT2D eigenvalue weighted by molar-refractivity contribution is 7.99. The lowest BCUT2D eigenvalue weighted by atomic mass is 10.1. The molecule has 0 N–H and O–H groups in total. The number of nitrogens with zero attached hydrogens (tertiary/aromatic N) is 2. The Hall–Kier alpha value is -5.16. The lowest BCUT2D eigenvalue weighted by molar-refractivity contribution is 0.308. The van der Waals surface area contributed by atoms with E-state index in [0.29, 0.717) is 40.7 Å². The number of fused-ring (bicyclic) bond motifs is 1. The molecule has 3 aromatic carbocycles. The third-order valence-corrected chi connectivity index (χ3v) is 8.79. The molecule has 0 saturated carbocycles. The maximum Gasteiger partial charge on any atom is 0.431 e. The molecule has 14 nitrogen and oxygen atoms in total. The molecule has 254 valence electrons. The monoisotopic (exact) mass is 704 g/mol. The van der Waals surface area contributed by atoms with Gasteiger partial charge >= 0.3 is 16.2 Å². The van der Waals surface area contributed by atoms with Crippen LogP contribution in [0, 0.1) is 5.82 Å². The van der Waals surface area contributed by atoms with Gasteiger partial charge in [-0.15, -0.1) is 0 Å². The smallest absolute Gasteiger partial charge is 0.431 e. The first kappa shape index (κ1) is 34.2. The topological polar surface area (TPSA) is 168 Å². The van der Waals surface area contributed by atoms with Crippen molar-refractivity contribution in [1.29, 1.82) is 0 Å². The number of hydrogen-bond donors (Lipinski definition) is 0. The van der Waals surface area contributed by atoms with Gasteiger partial charge in [0, 0.05) is 23.4 Å². The van der Waals surface area contributed by atoms with Crippen LogP contribution >= 0.6 is 11.8 Å². The number of ether oxygens (including phenoxy) is 6. The summed E-state index contributed by atoms with van der Waals surface area (Å²) < 4.78 is 87.9. The van der Waals surface area contributed by atoms with E-state index in [1.54, 1.807) is 24.3 Å². The Balaban J connectivity index is 1.37. The normalized spacial score (nSPS) is 11.3. The van der Waals surface area contributed by atoms with Crippen molar-refractivity contribution in [2.24, 2.45) is 0 Å². The van der Waals surface area contributed by atoms with Crippen LogP contribution in [0.1, 0.15) is 6.42 Å². The maximum atomic E-state index is 13.9. The highest BCUT2D eigenvalue weighted by Gasteiger charge is 2.25. The molecular weight excluding hydrogens is 675 g/mol. The average Bonchev–Trinajstić information content (AvgIpc) is 3.53. The Labute approximate surface area is 277 Å². The first-order valence-corrected chi connectivity index (χ1v) is 16.3. The molecule has 0 aliphatic heterocycles. The van der Waals surface area contributed by atoms with E-state index in [4.69, 9.17) is 41.4 Å². The zero-order chi connectivity index (χ0) is 34.4. The van der Waals surface area contributed by atoms with Crippen molar-refractivity contribution in [3.8, 4) is 51.9 Å². The Morgan fingerprint density at radius 2 is 1.56 bits per heavy atom. The van der Waals surface area contributed by atoms with Gasteiger partial charge in [0.05, 0.1) is 42.2 Å². The van der Waals surface area contributed by atoms with Gasteiger partial charge in [-0.2, -0.15) is 8.42 Å². The lowest BCUT2D eigenvalue weighted by Crippen LogP contribution is -2.12. The summed E-state index contributed by atoms with van der Waals surface area (Å²) in [6.45, 7) is 0.0462. The predicted molar refractivity (Wildman–Crippen MR) is 170 cm³/mol. The van der Waals surface area contributed by atoms with Crippen LogP contribution in [0.3, 0.4) is 0 Å². The molecule has 2 heterocycles. The van der Waals surface area contributed by atoms with Crippen molar-refractivity contribution in [1.82, 2.24) is 10.2 Å². The molecule has 0 fully saturated rings. The van der Waals surface area contributed by atoms with Crippen molar-refractivity contribution < 1.29 is 54.2 Å². The fourth-order valence-corrected chi connectivity index (χ4v) is 6.02. The molecule has 0 bridgehead atoms. The van der Waals surface area contributed by atoms with E-state index in [0.717, 1.165) is 23.9 Å². The second-order valence-electron chi connectivity index (χ2n) is 9.59. The third-order valence-electron chi connectivity index (χ3n) is 6.69. The first-order valence-electron chi connectivity index (χ1n) is 13.9. The van der Waals surface area contributed by atoms with Crippen molar-refractivity contribution in [3.63, 3.8) is 0 Å². The summed E-state index contributed by atoms with van der Waals surface area (Å²) in [7, 11) is 2.90. The van der Waals surface area contributed by atoms with E-state index >= 15 is 0 Å². The summed E-state index contributed by atoms with van der Waals surface area (Å²) in [6, 6.07) is 10.7. The number of hydrogen-bond acceptors (Lipinski definition) is 15. The van der Waals surface area contributed by atoms with E-state index in [1.807, 2.05) is 0 Å². The van der Waals surface area contributed by atoms with Gasteiger partial charge in [0.25, 0.3) is 5.22 Å². The minimum atomic E-state index is -4.39. The standard InChI is InChI=1S/C31H29FN2O12S2/c1-38-19-15-21(39-2)25-22(16-19)44-27(17-12-23(40-3)28(42-5)24(13-17)41-4)29(26(25)35)43-10-7-11-47-31-34-33-30(45-31)46-48(36,37)20-9-6-8-18(32)14-20/h6,8-9,12-16H,7,10-11H2,1-5H3. The van der Waals surface area contributed by atoms with E-state index in [1.165, 1.54) is 47.7 Å². The van der Waals surface area contributed by atoms with Gasteiger partial charge in [0.15, 0.2) is 17.3 Å². The molecule has 0 spiro atoms. The van der Waals surface area contributed by atoms with Gasteiger partial charge in [0.1, 0.15) is 33.2 Å². The van der Waals surface area contributed by atoms with E-state index in [9.17, 15) is 17.6 Å². The zero-order valence-electron chi connectivity index (χ0n) is 26.2. The van der Waals surface area contributed by atoms with Gasteiger partial charge < -0.3 is 41.4 Å². The quantitative estimate of drug-likeness (QED) is 0.0776. The van der Waals surface area contributed by atoms with Gasteiger partial charge in [0.2, 0.25) is 16.9 Å². The predicted octanol–water partition coefficient (Wildman–Crippen LogP) is 5.35. The first-order chi connectivity index (χ1) is 23.1. The molecule has 0 aliphatic carbocycles. The Morgan fingerprint density at radius 3 is 2.21 bits per heavy atom. The molecule has 17 heteroatoms. The molecule has 0 amide bonds. The van der Waals surface area contributed by atoms with Gasteiger partial charge in [-0.25, -0.2) is 4.39 Å². The van der Waals surface area contributed by atoms with Crippen molar-refractivity contribution in [2.75, 3.05) is 47.9 Å². The largest absolute Gasteiger partial charge is 0.496 e. The molecular formula is C31H29FN2O12S2. The number of thioether (sulfide) groups is 1. The Bertz CT molecular complexity index is 2070. The molecule has 0 atom stereocenters. The fraction of sp³-hybridized carbons (Fsp3) is 0.258. The van der Waals surface area contributed by atoms with Gasteiger partial charge in [-0.3, -0.25) is 4.79 Å². The van der Waals surface area contributed by atoms with Gasteiger partial charge in [-0.1, -0.05) is 28.0 Å². The van der Waals surface area contributed by atoms with Crippen LogP contribution in [-0.4, -0.2) is 66.5 Å². The summed E-state index contributed by atoms with van der Waals surface area (Å²) in [5, 5.41) is 7.51. The second-order valence-corrected chi connectivity index (χ2v) is 12.2. The van der Waals surface area contributed by atoms with Crippen LogP contribution in [0.5, 0.6) is 40.6 Å². The lowest BCUT2D eigenvalue weighted by Gasteiger charge is -2.16. The van der Waals surface area contributed by atoms with E-state index in [2.05, 4.69) is 10.2 Å². The molecule has 0 saturated heterocycles. The van der Waals surface area contributed by atoms with Crippen LogP contribution in [0.2, 0.25) is 0 Å². The molecule has 0 unspecified atom stereocenters. The third kappa shape index (κ3) is 7.21. The number of methoxy groups -OCH3 is 5. The van der Waals surface area contributed by atoms with Crippen LogP contribution < -0.4 is 38.0 Å². The fourth-order valence-electron chi connectivity index (χ4n) is 4.50. The van der Waals surface area contributed by atoms with Crippen LogP contribution in [-0.2, 0) is 10.1 Å². The van der Waals surface area contributed by atoms with Crippen LogP contribution in [0.15, 0.2) is 72.3 Å². The molecule has 5 aromatic rings. The SMILES string of the molecule is COc1cc(OC)c2c(=O)c(OCCCSc3nnc(OS(=O)(=O)c4cccc(F)c4)o3)c(-c3cc(OC)c(OC)c(OC)c3)oc2c1. The molecule has 48 heavy (non-hydrogen) atoms. The number of rotatable bonds is 15. The Morgan fingerprint density at radius 1 is 0.833 bits per heavy atom. The number of halogens is 1. The minimum absolute atomic E-state index is 0.0152. The average molecular weight is 705 g/mol. The van der Waals surface area contributed by atoms with Crippen LogP contribution in [0.25, 0.3) is 22.3 Å². The maximum absolute atomic E-state index is 13.9. The second kappa shape index (κ2) is 14.7. The molecule has 5 rings (SSSR count). The molecule has 0 aliphatic rings. The molecule has 2 aromatic heterocycles. The van der Waals surface area contributed by atoms with Gasteiger partial charge in [-0.05, 0) is 36.8 Å². The van der Waals surface area contributed by atoms with Crippen molar-refractivity contribution >= 4 is 32.8 Å². The highest BCUT2D eigenvalue weighted by Crippen LogP contribution is 2.44. The van der Waals surface area contributed by atoms with Crippen LogP contribution in [0.4, 0.5) is 4.39 Å².